The van der Waals surface area contributed by atoms with Crippen LogP contribution in [0.4, 0.5) is 5.69 Å². The molecule has 0 radical (unpaired) electrons. The van der Waals surface area contributed by atoms with Crippen molar-refractivity contribution >= 4 is 23.2 Å². The Bertz CT molecular complexity index is 574. The SMILES string of the molecule is COc1ccc(Cl)cc1NCCC(=O)N1CCOCC1C#N. The van der Waals surface area contributed by atoms with Gasteiger partial charge in [0.25, 0.3) is 0 Å². The van der Waals surface area contributed by atoms with Gasteiger partial charge in [-0.25, -0.2) is 0 Å². The molecule has 1 aliphatic heterocycles. The summed E-state index contributed by atoms with van der Waals surface area (Å²) in [5.41, 5.74) is 0.738. The van der Waals surface area contributed by atoms with E-state index in [9.17, 15) is 4.79 Å². The number of hydrogen-bond donors (Lipinski definition) is 1. The van der Waals surface area contributed by atoms with E-state index in [-0.39, 0.29) is 18.9 Å². The highest BCUT2D eigenvalue weighted by Crippen LogP contribution is 2.27. The number of methoxy groups -OCH3 is 1. The molecule has 1 aromatic carbocycles. The van der Waals surface area contributed by atoms with E-state index in [0.717, 1.165) is 5.69 Å². The Labute approximate surface area is 134 Å². The molecule has 1 aliphatic rings. The first-order chi connectivity index (χ1) is 10.7. The Balaban J connectivity index is 1.89. The molecule has 1 amide bonds. The molecular formula is C15H18ClN3O3. The zero-order valence-electron chi connectivity index (χ0n) is 12.3. The quantitative estimate of drug-likeness (QED) is 0.895. The maximum absolute atomic E-state index is 12.2. The number of carbonyl (C=O) groups excluding carboxylic acids is 1. The summed E-state index contributed by atoms with van der Waals surface area (Å²) in [5.74, 6) is 0.599. The minimum atomic E-state index is -0.498. The molecular weight excluding hydrogens is 306 g/mol. The van der Waals surface area contributed by atoms with Crippen molar-refractivity contribution in [3.63, 3.8) is 0 Å². The van der Waals surface area contributed by atoms with Crippen molar-refractivity contribution in [1.29, 1.82) is 5.26 Å². The molecule has 1 aromatic rings. The molecule has 6 nitrogen and oxygen atoms in total. The summed E-state index contributed by atoms with van der Waals surface area (Å²) in [6, 6.07) is 6.84. The second kappa shape index (κ2) is 7.87. The van der Waals surface area contributed by atoms with Crippen molar-refractivity contribution in [2.24, 2.45) is 0 Å². The van der Waals surface area contributed by atoms with Gasteiger partial charge < -0.3 is 19.7 Å². The number of halogens is 1. The Hall–Kier alpha value is -1.97. The topological polar surface area (TPSA) is 74.6 Å². The second-order valence-electron chi connectivity index (χ2n) is 4.83. The Morgan fingerprint density at radius 3 is 3.18 bits per heavy atom. The lowest BCUT2D eigenvalue weighted by molar-refractivity contribution is -0.137. The third-order valence-corrected chi connectivity index (χ3v) is 3.65. The van der Waals surface area contributed by atoms with Gasteiger partial charge >= 0.3 is 0 Å². The lowest BCUT2D eigenvalue weighted by atomic mass is 10.2. The van der Waals surface area contributed by atoms with Gasteiger partial charge in [0.1, 0.15) is 11.8 Å². The van der Waals surface area contributed by atoms with Gasteiger partial charge in [-0.3, -0.25) is 4.79 Å². The molecule has 1 heterocycles. The molecule has 1 atom stereocenters. The van der Waals surface area contributed by atoms with E-state index in [2.05, 4.69) is 11.4 Å². The average Bonchev–Trinajstić information content (AvgIpc) is 2.55. The van der Waals surface area contributed by atoms with Crippen LogP contribution in [0.5, 0.6) is 5.75 Å². The van der Waals surface area contributed by atoms with Gasteiger partial charge in [-0.1, -0.05) is 11.6 Å². The van der Waals surface area contributed by atoms with Crippen molar-refractivity contribution in [2.45, 2.75) is 12.5 Å². The van der Waals surface area contributed by atoms with Crippen LogP contribution in [0.2, 0.25) is 5.02 Å². The summed E-state index contributed by atoms with van der Waals surface area (Å²) in [5, 5.41) is 12.8. The summed E-state index contributed by atoms with van der Waals surface area (Å²) in [7, 11) is 1.57. The first-order valence-electron chi connectivity index (χ1n) is 7.00. The molecule has 0 aliphatic carbocycles. The van der Waals surface area contributed by atoms with E-state index in [4.69, 9.17) is 26.3 Å². The fourth-order valence-electron chi connectivity index (χ4n) is 2.28. The normalized spacial score (nSPS) is 17.7. The average molecular weight is 324 g/mol. The van der Waals surface area contributed by atoms with Crippen LogP contribution < -0.4 is 10.1 Å². The van der Waals surface area contributed by atoms with Gasteiger partial charge in [-0.2, -0.15) is 5.26 Å². The van der Waals surface area contributed by atoms with Crippen molar-refractivity contribution in [2.75, 3.05) is 38.7 Å². The molecule has 0 aromatic heterocycles. The van der Waals surface area contributed by atoms with Gasteiger partial charge in [0, 0.05) is 24.5 Å². The van der Waals surface area contributed by atoms with E-state index in [1.165, 1.54) is 0 Å². The monoisotopic (exact) mass is 323 g/mol. The summed E-state index contributed by atoms with van der Waals surface area (Å²) >= 11 is 5.95. The lowest BCUT2D eigenvalue weighted by Crippen LogP contribution is -2.48. The number of nitrogens with zero attached hydrogens (tertiary/aromatic N) is 2. The van der Waals surface area contributed by atoms with Crippen LogP contribution in [0.1, 0.15) is 6.42 Å². The molecule has 7 heteroatoms. The van der Waals surface area contributed by atoms with E-state index in [0.29, 0.717) is 30.5 Å². The summed E-state index contributed by atoms with van der Waals surface area (Å²) in [6.45, 7) is 1.64. The number of benzene rings is 1. The smallest absolute Gasteiger partial charge is 0.225 e. The number of rotatable bonds is 5. The van der Waals surface area contributed by atoms with Crippen LogP contribution in [0.15, 0.2) is 18.2 Å². The predicted octanol–water partition coefficient (Wildman–Crippen LogP) is 1.90. The summed E-state index contributed by atoms with van der Waals surface area (Å²) < 4.78 is 10.4. The lowest BCUT2D eigenvalue weighted by Gasteiger charge is -2.31. The van der Waals surface area contributed by atoms with Crippen LogP contribution >= 0.6 is 11.6 Å². The van der Waals surface area contributed by atoms with Crippen LogP contribution in [-0.2, 0) is 9.53 Å². The highest BCUT2D eigenvalue weighted by Gasteiger charge is 2.26. The number of anilines is 1. The summed E-state index contributed by atoms with van der Waals surface area (Å²) in [6.07, 6.45) is 0.286. The van der Waals surface area contributed by atoms with E-state index in [1.807, 2.05) is 0 Å². The fourth-order valence-corrected chi connectivity index (χ4v) is 2.45. The van der Waals surface area contributed by atoms with Gasteiger partial charge in [-0.15, -0.1) is 0 Å². The zero-order valence-corrected chi connectivity index (χ0v) is 13.1. The van der Waals surface area contributed by atoms with Crippen molar-refractivity contribution in [1.82, 2.24) is 4.90 Å². The largest absolute Gasteiger partial charge is 0.495 e. The summed E-state index contributed by atoms with van der Waals surface area (Å²) in [4.78, 5) is 13.8. The van der Waals surface area contributed by atoms with Gasteiger partial charge in [0.2, 0.25) is 5.91 Å². The second-order valence-corrected chi connectivity index (χ2v) is 5.26. The van der Waals surface area contributed by atoms with Crippen molar-refractivity contribution in [3.05, 3.63) is 23.2 Å². The third-order valence-electron chi connectivity index (χ3n) is 3.41. The molecule has 1 N–H and O–H groups in total. The first kappa shape index (κ1) is 16.4. The molecule has 1 saturated heterocycles. The number of nitrogens with one attached hydrogen (secondary N) is 1. The number of amides is 1. The molecule has 1 fully saturated rings. The van der Waals surface area contributed by atoms with Gasteiger partial charge in [-0.05, 0) is 18.2 Å². The van der Waals surface area contributed by atoms with Crippen LogP contribution in [0.25, 0.3) is 0 Å². The van der Waals surface area contributed by atoms with Crippen LogP contribution in [0, 0.1) is 11.3 Å². The predicted molar refractivity (Wildman–Crippen MR) is 83.0 cm³/mol. The standard InChI is InChI=1S/C15H18ClN3O3/c1-21-14-3-2-11(16)8-13(14)18-5-4-15(20)19-6-7-22-10-12(19)9-17/h2-3,8,12,18H,4-7,10H2,1H3. The molecule has 0 bridgehead atoms. The highest BCUT2D eigenvalue weighted by atomic mass is 35.5. The van der Waals surface area contributed by atoms with Gasteiger partial charge in [0.15, 0.2) is 0 Å². The molecule has 0 saturated carbocycles. The van der Waals surface area contributed by atoms with Crippen molar-refractivity contribution in [3.8, 4) is 11.8 Å². The number of morpholine rings is 1. The van der Waals surface area contributed by atoms with Gasteiger partial charge in [0.05, 0.1) is 32.1 Å². The minimum absolute atomic E-state index is 0.0663. The third kappa shape index (κ3) is 4.03. The number of ether oxygens (including phenoxy) is 2. The number of carbonyl (C=O) groups is 1. The first-order valence-corrected chi connectivity index (χ1v) is 7.37. The zero-order chi connectivity index (χ0) is 15.9. The van der Waals surface area contributed by atoms with E-state index in [1.54, 1.807) is 30.2 Å². The maximum atomic E-state index is 12.2. The molecule has 118 valence electrons. The van der Waals surface area contributed by atoms with E-state index < -0.39 is 6.04 Å². The van der Waals surface area contributed by atoms with Crippen LogP contribution in [-0.4, -0.2) is 50.3 Å². The maximum Gasteiger partial charge on any atom is 0.225 e. The Kier molecular flexibility index (Phi) is 5.87. The fraction of sp³-hybridized carbons (Fsp3) is 0.467. The number of nitriles is 1. The van der Waals surface area contributed by atoms with E-state index >= 15 is 0 Å². The molecule has 22 heavy (non-hydrogen) atoms. The van der Waals surface area contributed by atoms with Crippen molar-refractivity contribution < 1.29 is 14.3 Å². The highest BCUT2D eigenvalue weighted by molar-refractivity contribution is 6.30. The molecule has 2 rings (SSSR count). The Morgan fingerprint density at radius 2 is 2.45 bits per heavy atom. The Morgan fingerprint density at radius 1 is 1.64 bits per heavy atom. The molecule has 1 unspecified atom stereocenters. The van der Waals surface area contributed by atoms with Crippen LogP contribution in [0.3, 0.4) is 0 Å². The molecule has 0 spiro atoms. The number of hydrogen-bond acceptors (Lipinski definition) is 5. The minimum Gasteiger partial charge on any atom is -0.495 e.